The first-order valence-corrected chi connectivity index (χ1v) is 4.81. The fourth-order valence-electron chi connectivity index (χ4n) is 0.985. The van der Waals surface area contributed by atoms with Gasteiger partial charge in [0.2, 0.25) is 5.91 Å². The van der Waals surface area contributed by atoms with Crippen molar-refractivity contribution in [2.75, 3.05) is 40.3 Å². The second-order valence-electron chi connectivity index (χ2n) is 3.05. The summed E-state index contributed by atoms with van der Waals surface area (Å²) in [5.41, 5.74) is 0. The molecular formula is C9H21N3O. The second-order valence-corrected chi connectivity index (χ2v) is 3.05. The van der Waals surface area contributed by atoms with E-state index in [1.165, 1.54) is 0 Å². The van der Waals surface area contributed by atoms with E-state index in [1.807, 2.05) is 21.0 Å². The molecule has 0 aliphatic carbocycles. The molecule has 0 rings (SSSR count). The van der Waals surface area contributed by atoms with E-state index in [-0.39, 0.29) is 5.91 Å². The summed E-state index contributed by atoms with van der Waals surface area (Å²) in [5.74, 6) is 0.165. The van der Waals surface area contributed by atoms with Crippen molar-refractivity contribution in [3.8, 4) is 0 Å². The first kappa shape index (κ1) is 12.4. The van der Waals surface area contributed by atoms with Crippen molar-refractivity contribution in [2.24, 2.45) is 0 Å². The van der Waals surface area contributed by atoms with Crippen molar-refractivity contribution >= 4 is 5.91 Å². The highest BCUT2D eigenvalue weighted by Crippen LogP contribution is 1.86. The monoisotopic (exact) mass is 187 g/mol. The SMILES string of the molecule is CCNCC(=O)N(C)CCCNC. The molecule has 0 bridgehead atoms. The van der Waals surface area contributed by atoms with Crippen LogP contribution in [0.15, 0.2) is 0 Å². The van der Waals surface area contributed by atoms with Crippen LogP contribution in [0.2, 0.25) is 0 Å². The van der Waals surface area contributed by atoms with Gasteiger partial charge in [-0.25, -0.2) is 0 Å². The molecular weight excluding hydrogens is 166 g/mol. The Morgan fingerprint density at radius 3 is 2.69 bits per heavy atom. The maximum Gasteiger partial charge on any atom is 0.236 e. The zero-order valence-electron chi connectivity index (χ0n) is 8.89. The number of rotatable bonds is 7. The lowest BCUT2D eigenvalue weighted by atomic mass is 10.4. The van der Waals surface area contributed by atoms with Crippen molar-refractivity contribution in [3.05, 3.63) is 0 Å². The Labute approximate surface area is 80.7 Å². The third-order valence-electron chi connectivity index (χ3n) is 1.87. The molecule has 78 valence electrons. The summed E-state index contributed by atoms with van der Waals surface area (Å²) in [7, 11) is 3.76. The molecule has 13 heavy (non-hydrogen) atoms. The lowest BCUT2D eigenvalue weighted by Gasteiger charge is -2.16. The van der Waals surface area contributed by atoms with Crippen LogP contribution in [-0.4, -0.2) is 51.1 Å². The van der Waals surface area contributed by atoms with Crippen LogP contribution >= 0.6 is 0 Å². The summed E-state index contributed by atoms with van der Waals surface area (Å²) >= 11 is 0. The van der Waals surface area contributed by atoms with Crippen molar-refractivity contribution in [2.45, 2.75) is 13.3 Å². The average Bonchev–Trinajstić information content (AvgIpc) is 2.14. The molecule has 0 aromatic heterocycles. The van der Waals surface area contributed by atoms with Crippen molar-refractivity contribution in [3.63, 3.8) is 0 Å². The molecule has 0 heterocycles. The van der Waals surface area contributed by atoms with E-state index in [0.29, 0.717) is 6.54 Å². The van der Waals surface area contributed by atoms with Gasteiger partial charge in [0.15, 0.2) is 0 Å². The molecule has 2 N–H and O–H groups in total. The predicted molar refractivity (Wildman–Crippen MR) is 54.7 cm³/mol. The summed E-state index contributed by atoms with van der Waals surface area (Å²) in [6.07, 6.45) is 1.00. The molecule has 0 unspecified atom stereocenters. The van der Waals surface area contributed by atoms with Gasteiger partial charge >= 0.3 is 0 Å². The first-order chi connectivity index (χ1) is 6.22. The quantitative estimate of drug-likeness (QED) is 0.536. The summed E-state index contributed by atoms with van der Waals surface area (Å²) < 4.78 is 0. The van der Waals surface area contributed by atoms with E-state index in [0.717, 1.165) is 26.1 Å². The van der Waals surface area contributed by atoms with Crippen LogP contribution < -0.4 is 10.6 Å². The van der Waals surface area contributed by atoms with Crippen molar-refractivity contribution in [1.82, 2.24) is 15.5 Å². The Morgan fingerprint density at radius 2 is 2.15 bits per heavy atom. The number of carbonyl (C=O) groups is 1. The Kier molecular flexibility index (Phi) is 7.63. The van der Waals surface area contributed by atoms with Crippen LogP contribution in [0.25, 0.3) is 0 Å². The number of nitrogens with zero attached hydrogens (tertiary/aromatic N) is 1. The largest absolute Gasteiger partial charge is 0.345 e. The zero-order valence-corrected chi connectivity index (χ0v) is 8.89. The highest BCUT2D eigenvalue weighted by atomic mass is 16.2. The summed E-state index contributed by atoms with van der Waals surface area (Å²) in [4.78, 5) is 13.1. The molecule has 0 spiro atoms. The number of amides is 1. The normalized spacial score (nSPS) is 10.1. The average molecular weight is 187 g/mol. The van der Waals surface area contributed by atoms with Crippen LogP contribution in [0.5, 0.6) is 0 Å². The summed E-state index contributed by atoms with van der Waals surface area (Å²) in [6, 6.07) is 0. The zero-order chi connectivity index (χ0) is 10.1. The fraction of sp³-hybridized carbons (Fsp3) is 0.889. The van der Waals surface area contributed by atoms with Crippen LogP contribution in [-0.2, 0) is 4.79 Å². The van der Waals surface area contributed by atoms with Gasteiger partial charge in [-0.2, -0.15) is 0 Å². The minimum atomic E-state index is 0.165. The highest BCUT2D eigenvalue weighted by molar-refractivity contribution is 5.77. The third kappa shape index (κ3) is 6.54. The van der Waals surface area contributed by atoms with Gasteiger partial charge in [0.05, 0.1) is 6.54 Å². The molecule has 0 aliphatic heterocycles. The van der Waals surface area contributed by atoms with Crippen LogP contribution in [0.4, 0.5) is 0 Å². The lowest BCUT2D eigenvalue weighted by molar-refractivity contribution is -0.128. The van der Waals surface area contributed by atoms with Gasteiger partial charge in [-0.1, -0.05) is 6.92 Å². The number of hydrogen-bond acceptors (Lipinski definition) is 3. The number of likely N-dealkylation sites (N-methyl/N-ethyl adjacent to an activating group) is 2. The molecule has 0 saturated heterocycles. The molecule has 0 atom stereocenters. The molecule has 1 amide bonds. The minimum Gasteiger partial charge on any atom is -0.345 e. The van der Waals surface area contributed by atoms with E-state index in [9.17, 15) is 4.79 Å². The highest BCUT2D eigenvalue weighted by Gasteiger charge is 2.05. The van der Waals surface area contributed by atoms with Crippen molar-refractivity contribution in [1.29, 1.82) is 0 Å². The Hall–Kier alpha value is -0.610. The number of carbonyl (C=O) groups excluding carboxylic acids is 1. The second kappa shape index (κ2) is 8.01. The molecule has 4 heteroatoms. The molecule has 0 aromatic rings. The van der Waals surface area contributed by atoms with Gasteiger partial charge in [-0.15, -0.1) is 0 Å². The Morgan fingerprint density at radius 1 is 1.46 bits per heavy atom. The third-order valence-corrected chi connectivity index (χ3v) is 1.87. The van der Waals surface area contributed by atoms with Gasteiger partial charge in [-0.3, -0.25) is 4.79 Å². The topological polar surface area (TPSA) is 44.4 Å². The van der Waals surface area contributed by atoms with Crippen molar-refractivity contribution < 1.29 is 4.79 Å². The molecule has 0 fully saturated rings. The summed E-state index contributed by atoms with van der Waals surface area (Å²) in [5, 5.41) is 6.06. The molecule has 0 radical (unpaired) electrons. The lowest BCUT2D eigenvalue weighted by Crippen LogP contribution is -2.36. The maximum atomic E-state index is 11.3. The van der Waals surface area contributed by atoms with Gasteiger partial charge < -0.3 is 15.5 Å². The Bertz CT molecular complexity index is 139. The van der Waals surface area contributed by atoms with Gasteiger partial charge in [0.1, 0.15) is 0 Å². The van der Waals surface area contributed by atoms with Gasteiger partial charge in [0.25, 0.3) is 0 Å². The molecule has 0 aliphatic rings. The molecule has 0 saturated carbocycles. The number of hydrogen-bond donors (Lipinski definition) is 2. The van der Waals surface area contributed by atoms with E-state index < -0.39 is 0 Å². The summed E-state index contributed by atoms with van der Waals surface area (Å²) in [6.45, 7) is 5.07. The first-order valence-electron chi connectivity index (χ1n) is 4.81. The van der Waals surface area contributed by atoms with E-state index in [1.54, 1.807) is 4.90 Å². The minimum absolute atomic E-state index is 0.165. The van der Waals surface area contributed by atoms with Crippen LogP contribution in [0, 0.1) is 0 Å². The molecule has 4 nitrogen and oxygen atoms in total. The van der Waals surface area contributed by atoms with Gasteiger partial charge in [0, 0.05) is 13.6 Å². The maximum absolute atomic E-state index is 11.3. The Balaban J connectivity index is 3.45. The van der Waals surface area contributed by atoms with E-state index >= 15 is 0 Å². The molecule has 0 aromatic carbocycles. The smallest absolute Gasteiger partial charge is 0.236 e. The standard InChI is InChI=1S/C9H21N3O/c1-4-11-8-9(13)12(3)7-5-6-10-2/h10-11H,4-8H2,1-3H3. The van der Waals surface area contributed by atoms with Gasteiger partial charge in [-0.05, 0) is 26.6 Å². The van der Waals surface area contributed by atoms with Crippen LogP contribution in [0.3, 0.4) is 0 Å². The predicted octanol–water partition coefficient (Wildman–Crippen LogP) is -0.336. The number of nitrogens with one attached hydrogen (secondary N) is 2. The fourth-order valence-corrected chi connectivity index (χ4v) is 0.985. The van der Waals surface area contributed by atoms with E-state index in [4.69, 9.17) is 0 Å². The van der Waals surface area contributed by atoms with E-state index in [2.05, 4.69) is 10.6 Å². The van der Waals surface area contributed by atoms with Crippen LogP contribution in [0.1, 0.15) is 13.3 Å².